The predicted molar refractivity (Wildman–Crippen MR) is 130 cm³/mol. The summed E-state index contributed by atoms with van der Waals surface area (Å²) >= 11 is 0. The molecule has 0 spiro atoms. The fourth-order valence-corrected chi connectivity index (χ4v) is 4.05. The van der Waals surface area contributed by atoms with Gasteiger partial charge in [-0.05, 0) is 55.0 Å². The third-order valence-corrected chi connectivity index (χ3v) is 5.91. The molecule has 166 valence electrons. The molecule has 4 aromatic rings. The highest BCUT2D eigenvalue weighted by Gasteiger charge is 2.15. The van der Waals surface area contributed by atoms with Gasteiger partial charge in [-0.3, -0.25) is 9.59 Å². The Hall–Kier alpha value is -4.11. The summed E-state index contributed by atoms with van der Waals surface area (Å²) in [5.74, 6) is -0.763. The third kappa shape index (κ3) is 4.58. The molecule has 6 heteroatoms. The van der Waals surface area contributed by atoms with Gasteiger partial charge in [0.15, 0.2) is 0 Å². The molecular formula is C27H26N4O2. The minimum Gasteiger partial charge on any atom is -0.352 e. The maximum absolute atomic E-state index is 12.6. The second kappa shape index (κ2) is 9.58. The topological polar surface area (TPSA) is 86.9 Å². The Morgan fingerprint density at radius 1 is 0.970 bits per heavy atom. The van der Waals surface area contributed by atoms with Crippen molar-refractivity contribution >= 4 is 33.6 Å². The Balaban J connectivity index is 1.37. The molecule has 0 radical (unpaired) electrons. The molecule has 1 aromatic heterocycles. The van der Waals surface area contributed by atoms with Gasteiger partial charge in [-0.1, -0.05) is 31.2 Å². The van der Waals surface area contributed by atoms with Crippen LogP contribution in [-0.4, -0.2) is 22.9 Å². The molecule has 0 bridgehead atoms. The maximum Gasteiger partial charge on any atom is 0.251 e. The monoisotopic (exact) mass is 438 g/mol. The Morgan fingerprint density at radius 2 is 1.70 bits per heavy atom. The van der Waals surface area contributed by atoms with E-state index >= 15 is 0 Å². The van der Waals surface area contributed by atoms with Gasteiger partial charge in [0.1, 0.15) is 0 Å². The molecule has 0 aliphatic heterocycles. The number of nitriles is 1. The van der Waals surface area contributed by atoms with Crippen molar-refractivity contribution in [1.82, 2.24) is 15.2 Å². The summed E-state index contributed by atoms with van der Waals surface area (Å²) in [6.45, 7) is 5.47. The van der Waals surface area contributed by atoms with E-state index in [2.05, 4.69) is 52.5 Å². The van der Waals surface area contributed by atoms with Crippen LogP contribution in [0, 0.1) is 17.2 Å². The number of carbonyl (C=O) groups is 2. The number of hydrogen-bond acceptors (Lipinski definition) is 3. The number of para-hydroxylation sites is 1. The molecule has 0 aliphatic carbocycles. The van der Waals surface area contributed by atoms with Gasteiger partial charge in [0.25, 0.3) is 5.91 Å². The summed E-state index contributed by atoms with van der Waals surface area (Å²) in [7, 11) is 0. The average molecular weight is 439 g/mol. The molecule has 2 N–H and O–H groups in total. The van der Waals surface area contributed by atoms with Crippen LogP contribution >= 0.6 is 0 Å². The van der Waals surface area contributed by atoms with Crippen molar-refractivity contribution in [2.45, 2.75) is 26.9 Å². The summed E-state index contributed by atoms with van der Waals surface area (Å²) in [6, 6.07) is 23.1. The lowest BCUT2D eigenvalue weighted by Gasteiger charge is -2.13. The molecule has 0 fully saturated rings. The fraction of sp³-hybridized carbons (Fsp3) is 0.222. The van der Waals surface area contributed by atoms with Crippen molar-refractivity contribution < 1.29 is 9.59 Å². The molecule has 4 rings (SSSR count). The van der Waals surface area contributed by atoms with E-state index in [1.54, 1.807) is 31.2 Å². The van der Waals surface area contributed by atoms with Crippen LogP contribution in [0.25, 0.3) is 21.8 Å². The first-order chi connectivity index (χ1) is 16.0. The summed E-state index contributed by atoms with van der Waals surface area (Å²) < 4.78 is 2.30. The molecule has 1 atom stereocenters. The van der Waals surface area contributed by atoms with Crippen LogP contribution in [0.4, 0.5) is 0 Å². The van der Waals surface area contributed by atoms with Crippen molar-refractivity contribution in [2.24, 2.45) is 5.92 Å². The summed E-state index contributed by atoms with van der Waals surface area (Å²) in [5.41, 5.74) is 4.39. The number of hydrogen-bond donors (Lipinski definition) is 2. The quantitative estimate of drug-likeness (QED) is 0.449. The zero-order valence-electron chi connectivity index (χ0n) is 18.8. The zero-order chi connectivity index (χ0) is 23.4. The molecule has 1 heterocycles. The summed E-state index contributed by atoms with van der Waals surface area (Å²) in [6.07, 6.45) is 0. The number of fused-ring (bicyclic) bond motifs is 3. The SMILES string of the molecule is CCn1c2ccccc2c2cc(CNC(=O)C(C)CNC(=O)c3ccc(C#N)cc3)ccc21. The molecule has 1 unspecified atom stereocenters. The molecule has 0 saturated heterocycles. The summed E-state index contributed by atoms with van der Waals surface area (Å²) in [4.78, 5) is 24.9. The number of nitrogens with one attached hydrogen (secondary N) is 2. The van der Waals surface area contributed by atoms with E-state index in [4.69, 9.17) is 5.26 Å². The van der Waals surface area contributed by atoms with E-state index in [9.17, 15) is 9.59 Å². The molecule has 6 nitrogen and oxygen atoms in total. The van der Waals surface area contributed by atoms with Gasteiger partial charge in [-0.2, -0.15) is 5.26 Å². The highest BCUT2D eigenvalue weighted by molar-refractivity contribution is 6.08. The number of benzene rings is 3. The van der Waals surface area contributed by atoms with Crippen LogP contribution < -0.4 is 10.6 Å². The van der Waals surface area contributed by atoms with E-state index < -0.39 is 0 Å². The van der Waals surface area contributed by atoms with E-state index in [0.29, 0.717) is 17.7 Å². The number of aromatic nitrogens is 1. The van der Waals surface area contributed by atoms with Gasteiger partial charge in [0.2, 0.25) is 5.91 Å². The lowest BCUT2D eigenvalue weighted by atomic mass is 10.1. The molecule has 2 amide bonds. The van der Waals surface area contributed by atoms with Crippen molar-refractivity contribution in [3.05, 3.63) is 83.4 Å². The number of amides is 2. The first-order valence-corrected chi connectivity index (χ1v) is 11.1. The number of rotatable bonds is 7. The second-order valence-electron chi connectivity index (χ2n) is 8.13. The molecule has 0 saturated carbocycles. The Labute approximate surface area is 192 Å². The standard InChI is InChI=1S/C27H26N4O2/c1-3-31-24-7-5-4-6-22(24)23-14-20(10-13-25(23)31)17-30-26(32)18(2)16-29-27(33)21-11-8-19(15-28)9-12-21/h4-14,18H,3,16-17H2,1-2H3,(H,29,33)(H,30,32). The minimum absolute atomic E-state index is 0.119. The average Bonchev–Trinajstić information content (AvgIpc) is 3.18. The molecule has 33 heavy (non-hydrogen) atoms. The van der Waals surface area contributed by atoms with Crippen LogP contribution in [0.2, 0.25) is 0 Å². The van der Waals surface area contributed by atoms with Crippen LogP contribution in [-0.2, 0) is 17.9 Å². The van der Waals surface area contributed by atoms with Gasteiger partial charge in [-0.25, -0.2) is 0 Å². The van der Waals surface area contributed by atoms with Gasteiger partial charge in [0.05, 0.1) is 17.6 Å². The Kier molecular flexibility index (Phi) is 6.41. The van der Waals surface area contributed by atoms with Crippen molar-refractivity contribution in [2.75, 3.05) is 6.54 Å². The van der Waals surface area contributed by atoms with Crippen LogP contribution in [0.1, 0.15) is 35.3 Å². The van der Waals surface area contributed by atoms with Gasteiger partial charge in [0, 0.05) is 47.0 Å². The first-order valence-electron chi connectivity index (χ1n) is 11.1. The van der Waals surface area contributed by atoms with Crippen molar-refractivity contribution in [3.63, 3.8) is 0 Å². The van der Waals surface area contributed by atoms with Crippen LogP contribution in [0.5, 0.6) is 0 Å². The Morgan fingerprint density at radius 3 is 2.42 bits per heavy atom. The summed E-state index contributed by atoms with van der Waals surface area (Å²) in [5, 5.41) is 17.0. The normalized spacial score (nSPS) is 11.8. The number of carbonyl (C=O) groups excluding carboxylic acids is 2. The van der Waals surface area contributed by atoms with Crippen LogP contribution in [0.3, 0.4) is 0 Å². The fourth-order valence-electron chi connectivity index (χ4n) is 4.05. The molecular weight excluding hydrogens is 412 g/mol. The number of nitrogens with zero attached hydrogens (tertiary/aromatic N) is 2. The molecule has 3 aromatic carbocycles. The van der Waals surface area contributed by atoms with Gasteiger partial charge < -0.3 is 15.2 Å². The van der Waals surface area contributed by atoms with Crippen molar-refractivity contribution in [1.29, 1.82) is 5.26 Å². The zero-order valence-corrected chi connectivity index (χ0v) is 18.8. The smallest absolute Gasteiger partial charge is 0.251 e. The highest BCUT2D eigenvalue weighted by atomic mass is 16.2. The Bertz CT molecular complexity index is 1360. The van der Waals surface area contributed by atoms with E-state index in [1.807, 2.05) is 18.2 Å². The van der Waals surface area contributed by atoms with Crippen LogP contribution in [0.15, 0.2) is 66.7 Å². The predicted octanol–water partition coefficient (Wildman–Crippen LogP) is 4.37. The largest absolute Gasteiger partial charge is 0.352 e. The third-order valence-electron chi connectivity index (χ3n) is 5.91. The maximum atomic E-state index is 12.6. The van der Waals surface area contributed by atoms with E-state index in [0.717, 1.165) is 12.1 Å². The minimum atomic E-state index is -0.377. The van der Waals surface area contributed by atoms with Crippen molar-refractivity contribution in [3.8, 4) is 6.07 Å². The van der Waals surface area contributed by atoms with E-state index in [-0.39, 0.29) is 24.3 Å². The highest BCUT2D eigenvalue weighted by Crippen LogP contribution is 2.29. The van der Waals surface area contributed by atoms with E-state index in [1.165, 1.54) is 21.8 Å². The first kappa shape index (κ1) is 22.1. The lowest BCUT2D eigenvalue weighted by Crippen LogP contribution is -2.37. The van der Waals surface area contributed by atoms with Gasteiger partial charge >= 0.3 is 0 Å². The molecule has 0 aliphatic rings. The van der Waals surface area contributed by atoms with Gasteiger partial charge in [-0.15, -0.1) is 0 Å². The number of aryl methyl sites for hydroxylation is 1. The second-order valence-corrected chi connectivity index (χ2v) is 8.13. The lowest BCUT2D eigenvalue weighted by molar-refractivity contribution is -0.124.